The summed E-state index contributed by atoms with van der Waals surface area (Å²) in [5.74, 6) is -11.9. The zero-order chi connectivity index (χ0) is 42.6. The fourth-order valence-electron chi connectivity index (χ4n) is 6.52. The van der Waals surface area contributed by atoms with Crippen LogP contribution in [-0.4, -0.2) is 72.0 Å². The number of hydrogen-bond acceptors (Lipinski definition) is 7. The predicted molar refractivity (Wildman–Crippen MR) is 210 cm³/mol. The Hall–Kier alpha value is -5.20. The quantitative estimate of drug-likeness (QED) is 0.0705. The lowest BCUT2D eigenvalue weighted by atomic mass is 9.87. The second-order valence-electron chi connectivity index (χ2n) is 12.8. The molecule has 0 aromatic heterocycles. The average Bonchev–Trinajstić information content (AvgIpc) is 3.18. The number of nitrogens with zero attached hydrogens (tertiary/aromatic N) is 2. The number of likely N-dealkylation sites (N-methyl/N-ethyl adjacent to an activating group) is 1. The van der Waals surface area contributed by atoms with Gasteiger partial charge in [-0.2, -0.15) is 22.0 Å². The summed E-state index contributed by atoms with van der Waals surface area (Å²) in [5.41, 5.74) is 0.252. The van der Waals surface area contributed by atoms with E-state index in [1.54, 1.807) is 11.5 Å². The number of benzene rings is 4. The maximum atomic E-state index is 14.9. The third kappa shape index (κ3) is 8.93. The summed E-state index contributed by atoms with van der Waals surface area (Å²) in [6.07, 6.45) is 7.46. The lowest BCUT2D eigenvalue weighted by molar-refractivity contribution is -0.524. The smallest absolute Gasteiger partial charge is 0.481 e. The second-order valence-corrected chi connectivity index (χ2v) is 16.3. The van der Waals surface area contributed by atoms with Crippen LogP contribution in [0.25, 0.3) is 16.3 Å². The lowest BCUT2D eigenvalue weighted by Crippen LogP contribution is -2.40. The van der Waals surface area contributed by atoms with E-state index in [2.05, 4.69) is 66.5 Å². The van der Waals surface area contributed by atoms with Gasteiger partial charge in [0.05, 0.1) is 0 Å². The Labute approximate surface area is 331 Å². The van der Waals surface area contributed by atoms with Gasteiger partial charge in [-0.15, -0.1) is 0 Å². The molecule has 0 aliphatic heterocycles. The maximum Gasteiger partial charge on any atom is 0.512 e. The molecule has 0 atom stereocenters. The van der Waals surface area contributed by atoms with E-state index in [-0.39, 0.29) is 10.7 Å². The van der Waals surface area contributed by atoms with E-state index in [4.69, 9.17) is 4.74 Å². The van der Waals surface area contributed by atoms with Crippen LogP contribution in [0.2, 0.25) is 0 Å². The maximum absolute atomic E-state index is 14.9. The minimum atomic E-state index is -6.74. The average molecular weight is 854 g/mol. The van der Waals surface area contributed by atoms with Gasteiger partial charge in [0, 0.05) is 48.5 Å². The molecule has 2 N–H and O–H groups in total. The third-order valence-electron chi connectivity index (χ3n) is 9.33. The number of anilines is 2. The molecule has 0 bridgehead atoms. The topological polar surface area (TPSA) is 108 Å². The van der Waals surface area contributed by atoms with E-state index in [1.807, 2.05) is 49.4 Å². The van der Waals surface area contributed by atoms with Crippen LogP contribution >= 0.6 is 0 Å². The molecule has 310 valence electrons. The molecule has 0 heterocycles. The van der Waals surface area contributed by atoms with E-state index in [0.29, 0.717) is 12.3 Å². The molecule has 4 aromatic rings. The van der Waals surface area contributed by atoms with Gasteiger partial charge in [0.1, 0.15) is 13.2 Å². The van der Waals surface area contributed by atoms with Crippen LogP contribution in [0.4, 0.5) is 42.1 Å². The Morgan fingerprint density at radius 1 is 0.759 bits per heavy atom. The Kier molecular flexibility index (Phi) is 13.4. The fraction of sp³-hybridized carbons (Fsp3) is 0.275. The number of fused-ring (bicyclic) bond motifs is 1. The normalized spacial score (nSPS) is 13.3. The highest BCUT2D eigenvalue weighted by atomic mass is 32.3. The molecule has 0 radical (unpaired) electrons. The van der Waals surface area contributed by atoms with Gasteiger partial charge < -0.3 is 15.0 Å². The molecule has 0 saturated carbocycles. The van der Waals surface area contributed by atoms with E-state index in [9.17, 15) is 47.6 Å². The molecule has 0 unspecified atom stereocenters. The van der Waals surface area contributed by atoms with Crippen molar-refractivity contribution in [2.24, 2.45) is 0 Å². The van der Waals surface area contributed by atoms with Crippen molar-refractivity contribution >= 4 is 53.5 Å². The Morgan fingerprint density at radius 2 is 1.34 bits per heavy atom. The minimum Gasteiger partial charge on any atom is -0.481 e. The molecular formula is C40H40F7N4O5S2+. The van der Waals surface area contributed by atoms with E-state index in [0.717, 1.165) is 64.1 Å². The summed E-state index contributed by atoms with van der Waals surface area (Å²) >= 11 is 0. The summed E-state index contributed by atoms with van der Waals surface area (Å²) in [7, 11) is -13.1. The van der Waals surface area contributed by atoms with Crippen LogP contribution in [-0.2, 0) is 20.0 Å². The Morgan fingerprint density at radius 3 is 1.88 bits per heavy atom. The van der Waals surface area contributed by atoms with Gasteiger partial charge in [0.15, 0.2) is 34.5 Å². The third-order valence-corrected chi connectivity index (χ3v) is 12.6. The van der Waals surface area contributed by atoms with E-state index >= 15 is 0 Å². The van der Waals surface area contributed by atoms with Gasteiger partial charge in [-0.25, -0.2) is 30.2 Å². The first-order valence-electron chi connectivity index (χ1n) is 18.1. The number of alkyl halides is 3. The van der Waals surface area contributed by atoms with E-state index < -0.39 is 66.1 Å². The molecule has 1 aliphatic rings. The molecule has 0 saturated heterocycles. The summed E-state index contributed by atoms with van der Waals surface area (Å²) in [6, 6.07) is 20.5. The monoisotopic (exact) mass is 853 g/mol. The molecule has 0 spiro atoms. The summed E-state index contributed by atoms with van der Waals surface area (Å²) < 4.78 is 151. The van der Waals surface area contributed by atoms with Gasteiger partial charge >= 0.3 is 15.5 Å². The first kappa shape index (κ1) is 43.9. The van der Waals surface area contributed by atoms with Gasteiger partial charge in [0.25, 0.3) is 10.0 Å². The molecule has 9 nitrogen and oxygen atoms in total. The van der Waals surface area contributed by atoms with Crippen molar-refractivity contribution in [2.45, 2.75) is 38.1 Å². The highest BCUT2D eigenvalue weighted by molar-refractivity contribution is 8.05. The molecule has 1 aliphatic carbocycles. The fourth-order valence-corrected chi connectivity index (χ4v) is 9.04. The van der Waals surface area contributed by atoms with Gasteiger partial charge in [-0.1, -0.05) is 46.6 Å². The molecule has 4 aromatic carbocycles. The summed E-state index contributed by atoms with van der Waals surface area (Å²) in [6.45, 7) is 10.0. The predicted octanol–water partition coefficient (Wildman–Crippen LogP) is 8.28. The zero-order valence-corrected chi connectivity index (χ0v) is 33.4. The number of halogens is 7. The highest BCUT2D eigenvalue weighted by Crippen LogP contribution is 2.38. The van der Waals surface area contributed by atoms with Gasteiger partial charge in [0.2, 0.25) is 11.6 Å². The Balaban J connectivity index is 1.47. The molecule has 18 heteroatoms. The number of nitrogens with one attached hydrogen (secondary N) is 2. The Bertz CT molecular complexity index is 2500. The van der Waals surface area contributed by atoms with Crippen LogP contribution in [0.1, 0.15) is 38.8 Å². The van der Waals surface area contributed by atoms with Crippen LogP contribution < -0.4 is 19.1 Å². The second kappa shape index (κ2) is 17.7. The first-order valence-corrected chi connectivity index (χ1v) is 21.0. The van der Waals surface area contributed by atoms with Crippen molar-refractivity contribution in [2.75, 3.05) is 49.5 Å². The molecule has 0 fully saturated rings. The largest absolute Gasteiger partial charge is 0.512 e. The number of rotatable bonds is 15. The molecule has 58 heavy (non-hydrogen) atoms. The van der Waals surface area contributed by atoms with Crippen LogP contribution in [0.5, 0.6) is 5.75 Å². The summed E-state index contributed by atoms with van der Waals surface area (Å²) in [5, 5.41) is 5.50. The molecule has 5 rings (SSSR count). The van der Waals surface area contributed by atoms with Crippen LogP contribution in [0.15, 0.2) is 95.4 Å². The molecule has 0 amide bonds. The first-order chi connectivity index (χ1) is 27.4. The van der Waals surface area contributed by atoms with Crippen molar-refractivity contribution in [3.8, 4) is 5.75 Å². The zero-order valence-electron chi connectivity index (χ0n) is 31.7. The van der Waals surface area contributed by atoms with Crippen molar-refractivity contribution in [3.05, 3.63) is 125 Å². The number of hydrogen-bond donors (Lipinski definition) is 2. The van der Waals surface area contributed by atoms with Crippen molar-refractivity contribution in [1.29, 1.82) is 0 Å². The van der Waals surface area contributed by atoms with Crippen molar-refractivity contribution in [1.82, 2.24) is 4.13 Å². The standard InChI is InChI=1S/C40H39F7N4O5S2/c1-5-48-32-22-21-31(29-11-9-10-12-30(29)32)33(25-13-17-27(18-14-25)50(6-2)7-3)26-15-19-28(20-16-26)51(8-4)23-24-56-38-34(41)36(43)39(37(44)35(38)42)57(52,53)49-58(54,55)40(45,46)47/h9-22,49H,5-8,23-24H2,1-4H3/p+1. The highest BCUT2D eigenvalue weighted by Gasteiger charge is 2.50. The number of ether oxygens (including phenoxy) is 1. The lowest BCUT2D eigenvalue weighted by Gasteiger charge is -2.22. The number of sulfonamides is 2. The van der Waals surface area contributed by atoms with Gasteiger partial charge in [-0.3, -0.25) is 0 Å². The van der Waals surface area contributed by atoms with Gasteiger partial charge in [-0.05, 0) is 85.7 Å². The van der Waals surface area contributed by atoms with Crippen molar-refractivity contribution in [3.63, 3.8) is 0 Å². The van der Waals surface area contributed by atoms with Crippen LogP contribution in [0, 0.1) is 23.3 Å². The molecular weight excluding hydrogens is 814 g/mol. The number of allylic oxidation sites excluding steroid dienone is 5. The van der Waals surface area contributed by atoms with E-state index in [1.165, 1.54) is 0 Å². The minimum absolute atomic E-state index is 0.0354. The summed E-state index contributed by atoms with van der Waals surface area (Å²) in [4.78, 5) is -0.373. The van der Waals surface area contributed by atoms with Crippen LogP contribution in [0.3, 0.4) is 0 Å². The SMILES string of the molecule is CCNc1ccc(C(=C2C=CC(=[N+](CC)CCOc3c(F)c(F)c(S(=O)(=O)NS(=O)(=O)C(F)(F)F)c(F)c3F)C=C2)c2ccc(N(CC)CC)cc2)c2ccccc12. The van der Waals surface area contributed by atoms with Crippen molar-refractivity contribution < 1.29 is 56.9 Å².